The molecule has 2 aromatic heterocycles. The third kappa shape index (κ3) is 6.64. The number of amides is 1. The second-order valence-electron chi connectivity index (χ2n) is 6.40. The highest BCUT2D eigenvalue weighted by Crippen LogP contribution is 2.28. The number of rotatable bonds is 9. The van der Waals surface area contributed by atoms with Crippen molar-refractivity contribution in [3.63, 3.8) is 0 Å². The smallest absolute Gasteiger partial charge is 0.223 e. The molecule has 1 fully saturated rings. The van der Waals surface area contributed by atoms with E-state index in [2.05, 4.69) is 31.1 Å². The van der Waals surface area contributed by atoms with Crippen LogP contribution in [0.25, 0.3) is 5.65 Å². The summed E-state index contributed by atoms with van der Waals surface area (Å²) in [7, 11) is 0. The molecule has 3 rings (SSSR count). The summed E-state index contributed by atoms with van der Waals surface area (Å²) in [6.07, 6.45) is 5.76. The molecule has 1 aliphatic rings. The van der Waals surface area contributed by atoms with Crippen molar-refractivity contribution < 1.29 is 4.79 Å². The number of halogens is 1. The summed E-state index contributed by atoms with van der Waals surface area (Å²) in [5.74, 6) is 2.16. The third-order valence-electron chi connectivity index (χ3n) is 4.22. The van der Waals surface area contributed by atoms with E-state index in [-0.39, 0.29) is 35.8 Å². The van der Waals surface area contributed by atoms with E-state index in [1.165, 1.54) is 0 Å². The second-order valence-corrected chi connectivity index (χ2v) is 6.40. The Labute approximate surface area is 176 Å². The molecule has 0 aromatic carbocycles. The van der Waals surface area contributed by atoms with Gasteiger partial charge < -0.3 is 16.0 Å². The number of nitrogens with zero attached hydrogens (tertiary/aromatic N) is 4. The van der Waals surface area contributed by atoms with Crippen molar-refractivity contribution in [1.29, 1.82) is 0 Å². The molecule has 0 bridgehead atoms. The zero-order chi connectivity index (χ0) is 18.2. The summed E-state index contributed by atoms with van der Waals surface area (Å²) in [6, 6.07) is 5.89. The van der Waals surface area contributed by atoms with E-state index < -0.39 is 0 Å². The number of aliphatic imine (C=N–C) groups is 1. The molecule has 1 amide bonds. The first-order valence-electron chi connectivity index (χ1n) is 9.36. The molecular weight excluding hydrogens is 457 g/mol. The normalized spacial score (nSPS) is 13.9. The number of nitrogens with one attached hydrogen (secondary N) is 3. The molecule has 2 aromatic rings. The molecular formula is C18H28IN7O. The van der Waals surface area contributed by atoms with E-state index in [9.17, 15) is 4.79 Å². The van der Waals surface area contributed by atoms with Gasteiger partial charge in [0, 0.05) is 44.7 Å². The van der Waals surface area contributed by atoms with Crippen LogP contribution in [0.4, 0.5) is 0 Å². The molecule has 1 aliphatic carbocycles. The lowest BCUT2D eigenvalue weighted by Gasteiger charge is -2.11. The van der Waals surface area contributed by atoms with Crippen molar-refractivity contribution >= 4 is 41.5 Å². The van der Waals surface area contributed by atoms with Gasteiger partial charge in [-0.1, -0.05) is 6.07 Å². The maximum Gasteiger partial charge on any atom is 0.223 e. The van der Waals surface area contributed by atoms with Crippen LogP contribution in [0.5, 0.6) is 0 Å². The second kappa shape index (κ2) is 11.1. The van der Waals surface area contributed by atoms with Crippen LogP contribution in [0.2, 0.25) is 0 Å². The fourth-order valence-corrected chi connectivity index (χ4v) is 2.69. The van der Waals surface area contributed by atoms with E-state index >= 15 is 0 Å². The average molecular weight is 485 g/mol. The van der Waals surface area contributed by atoms with Crippen LogP contribution in [-0.2, 0) is 11.2 Å². The fraction of sp³-hybridized carbons (Fsp3) is 0.556. The first kappa shape index (κ1) is 21.4. The Kier molecular flexibility index (Phi) is 8.76. The van der Waals surface area contributed by atoms with Crippen molar-refractivity contribution in [3.8, 4) is 0 Å². The number of carbonyl (C=O) groups excluding carboxylic acids is 1. The molecule has 0 aliphatic heterocycles. The Morgan fingerprint density at radius 3 is 2.81 bits per heavy atom. The monoisotopic (exact) mass is 485 g/mol. The van der Waals surface area contributed by atoms with Crippen LogP contribution in [0.3, 0.4) is 0 Å². The van der Waals surface area contributed by atoms with Gasteiger partial charge in [0.2, 0.25) is 5.91 Å². The standard InChI is InChI=1S/C18H27N7O.HI/c1-2-19-18(22-12-11-20-17(26)14-8-9-14)21-10-5-7-16-24-23-15-6-3-4-13-25(15)16;/h3-4,6,13-14H,2,5,7-12H2,1H3,(H,20,26)(H2,19,21,22);1H. The van der Waals surface area contributed by atoms with Crippen molar-refractivity contribution in [2.24, 2.45) is 10.9 Å². The molecule has 2 heterocycles. The minimum atomic E-state index is 0. The molecule has 3 N–H and O–H groups in total. The number of hydrogen-bond donors (Lipinski definition) is 3. The zero-order valence-electron chi connectivity index (χ0n) is 15.6. The van der Waals surface area contributed by atoms with Crippen molar-refractivity contribution in [3.05, 3.63) is 30.2 Å². The van der Waals surface area contributed by atoms with Crippen LogP contribution in [0.15, 0.2) is 29.4 Å². The number of fused-ring (bicyclic) bond motifs is 1. The number of aromatic nitrogens is 3. The van der Waals surface area contributed by atoms with Crippen molar-refractivity contribution in [1.82, 2.24) is 30.5 Å². The predicted molar refractivity (Wildman–Crippen MR) is 116 cm³/mol. The van der Waals surface area contributed by atoms with Gasteiger partial charge in [0.25, 0.3) is 0 Å². The molecule has 27 heavy (non-hydrogen) atoms. The van der Waals surface area contributed by atoms with Gasteiger partial charge in [-0.25, -0.2) is 0 Å². The number of hydrogen-bond acceptors (Lipinski definition) is 4. The topological polar surface area (TPSA) is 95.7 Å². The van der Waals surface area contributed by atoms with E-state index in [1.54, 1.807) is 0 Å². The van der Waals surface area contributed by atoms with Gasteiger partial charge in [-0.15, -0.1) is 34.2 Å². The molecule has 8 nitrogen and oxygen atoms in total. The summed E-state index contributed by atoms with van der Waals surface area (Å²) in [4.78, 5) is 16.2. The maximum absolute atomic E-state index is 11.6. The Balaban J connectivity index is 0.00000261. The zero-order valence-corrected chi connectivity index (χ0v) is 18.0. The van der Waals surface area contributed by atoms with E-state index in [0.717, 1.165) is 49.7 Å². The molecule has 0 radical (unpaired) electrons. The molecule has 0 unspecified atom stereocenters. The largest absolute Gasteiger partial charge is 0.357 e. The molecule has 1 saturated carbocycles. The quantitative estimate of drug-likeness (QED) is 0.216. The summed E-state index contributed by atoms with van der Waals surface area (Å²) < 4.78 is 2.01. The lowest BCUT2D eigenvalue weighted by atomic mass is 10.3. The Bertz CT molecular complexity index is 757. The lowest BCUT2D eigenvalue weighted by molar-refractivity contribution is -0.122. The lowest BCUT2D eigenvalue weighted by Crippen LogP contribution is -2.41. The SMILES string of the molecule is CCNC(=NCCCc1nnc2ccccn12)NCCNC(=O)C1CC1.I. The molecule has 148 valence electrons. The summed E-state index contributed by atoms with van der Waals surface area (Å²) in [6.45, 7) is 4.82. The Hall–Kier alpha value is -1.91. The first-order chi connectivity index (χ1) is 12.8. The molecule has 0 saturated heterocycles. The fourth-order valence-electron chi connectivity index (χ4n) is 2.69. The van der Waals surface area contributed by atoms with E-state index in [1.807, 2.05) is 35.7 Å². The highest BCUT2D eigenvalue weighted by Gasteiger charge is 2.28. The maximum atomic E-state index is 11.6. The van der Waals surface area contributed by atoms with Crippen molar-refractivity contribution in [2.45, 2.75) is 32.6 Å². The molecule has 0 atom stereocenters. The van der Waals surface area contributed by atoms with Crippen LogP contribution < -0.4 is 16.0 Å². The first-order valence-corrected chi connectivity index (χ1v) is 9.36. The summed E-state index contributed by atoms with van der Waals surface area (Å²) in [5.41, 5.74) is 0.870. The van der Waals surface area contributed by atoms with Gasteiger partial charge >= 0.3 is 0 Å². The van der Waals surface area contributed by atoms with Gasteiger partial charge in [-0.3, -0.25) is 14.2 Å². The van der Waals surface area contributed by atoms with Crippen LogP contribution in [0, 0.1) is 5.92 Å². The van der Waals surface area contributed by atoms with Crippen LogP contribution in [-0.4, -0.2) is 52.6 Å². The number of carbonyl (C=O) groups is 1. The van der Waals surface area contributed by atoms with E-state index in [4.69, 9.17) is 0 Å². The molecule has 0 spiro atoms. The van der Waals surface area contributed by atoms with Crippen LogP contribution in [0.1, 0.15) is 32.0 Å². The Morgan fingerprint density at radius 2 is 2.04 bits per heavy atom. The van der Waals surface area contributed by atoms with Gasteiger partial charge in [-0.2, -0.15) is 0 Å². The Morgan fingerprint density at radius 1 is 1.22 bits per heavy atom. The summed E-state index contributed by atoms with van der Waals surface area (Å²) >= 11 is 0. The highest BCUT2D eigenvalue weighted by atomic mass is 127. The van der Waals surface area contributed by atoms with Gasteiger partial charge in [0.1, 0.15) is 5.82 Å². The number of aryl methyl sites for hydroxylation is 1. The summed E-state index contributed by atoms with van der Waals surface area (Å²) in [5, 5.41) is 17.8. The van der Waals surface area contributed by atoms with E-state index in [0.29, 0.717) is 19.6 Å². The number of pyridine rings is 1. The average Bonchev–Trinajstić information content (AvgIpc) is 3.43. The van der Waals surface area contributed by atoms with Crippen molar-refractivity contribution in [2.75, 3.05) is 26.2 Å². The van der Waals surface area contributed by atoms with Gasteiger partial charge in [0.05, 0.1) is 0 Å². The minimum Gasteiger partial charge on any atom is -0.357 e. The molecule has 9 heteroatoms. The third-order valence-corrected chi connectivity index (χ3v) is 4.22. The highest BCUT2D eigenvalue weighted by molar-refractivity contribution is 14.0. The minimum absolute atomic E-state index is 0. The predicted octanol–water partition coefficient (Wildman–Crippen LogP) is 1.36. The van der Waals surface area contributed by atoms with Gasteiger partial charge in [0.15, 0.2) is 11.6 Å². The van der Waals surface area contributed by atoms with Crippen LogP contribution >= 0.6 is 24.0 Å². The number of guanidine groups is 1. The van der Waals surface area contributed by atoms with Gasteiger partial charge in [-0.05, 0) is 38.3 Å².